The second-order valence-corrected chi connectivity index (χ2v) is 3.95. The Bertz CT molecular complexity index is 518. The van der Waals surface area contributed by atoms with Gasteiger partial charge in [-0.05, 0) is 18.2 Å². The minimum absolute atomic E-state index is 0.273. The van der Waals surface area contributed by atoms with E-state index < -0.39 is 0 Å². The van der Waals surface area contributed by atoms with Crippen LogP contribution in [0.5, 0.6) is 0 Å². The van der Waals surface area contributed by atoms with E-state index >= 15 is 0 Å². The van der Waals surface area contributed by atoms with Crippen LogP contribution in [0.25, 0.3) is 11.0 Å². The molecule has 0 spiro atoms. The first kappa shape index (κ1) is 8.73. The largest absolute Gasteiger partial charge is 0.399 e. The second-order valence-electron chi connectivity index (χ2n) is 3.95. The van der Waals surface area contributed by atoms with Crippen LogP contribution in [-0.4, -0.2) is 22.8 Å². The summed E-state index contributed by atoms with van der Waals surface area (Å²) in [5.74, 6) is 1.10. The van der Waals surface area contributed by atoms with Gasteiger partial charge in [0.1, 0.15) is 5.82 Å². The maximum absolute atomic E-state index is 5.72. The van der Waals surface area contributed by atoms with Crippen LogP contribution in [-0.2, 0) is 17.7 Å². The van der Waals surface area contributed by atoms with Crippen LogP contribution >= 0.6 is 0 Å². The van der Waals surface area contributed by atoms with Gasteiger partial charge in [0.2, 0.25) is 0 Å². The normalized spacial score (nSPS) is 19.7. The number of ether oxygens (including phenoxy) is 1. The third-order valence-corrected chi connectivity index (χ3v) is 2.98. The van der Waals surface area contributed by atoms with E-state index in [4.69, 9.17) is 10.5 Å². The van der Waals surface area contributed by atoms with Crippen molar-refractivity contribution < 1.29 is 4.74 Å². The summed E-state index contributed by atoms with van der Waals surface area (Å²) in [6.07, 6.45) is 1.17. The molecule has 0 saturated heterocycles. The molecule has 4 heteroatoms. The van der Waals surface area contributed by atoms with Crippen LogP contribution in [0.3, 0.4) is 0 Å². The first-order valence-corrected chi connectivity index (χ1v) is 5.05. The minimum Gasteiger partial charge on any atom is -0.399 e. The molecule has 0 amide bonds. The second kappa shape index (κ2) is 2.97. The van der Waals surface area contributed by atoms with E-state index in [9.17, 15) is 0 Å². The van der Waals surface area contributed by atoms with E-state index in [1.54, 1.807) is 7.11 Å². The standard InChI is InChI=1S/C11H13N3O/c1-15-8-5-11-13-9-4-7(12)2-3-10(9)14(11)6-8/h2-4,8H,5-6,12H2,1H3. The molecule has 4 nitrogen and oxygen atoms in total. The Balaban J connectivity index is 2.15. The Morgan fingerprint density at radius 3 is 3.20 bits per heavy atom. The maximum Gasteiger partial charge on any atom is 0.112 e. The fraction of sp³-hybridized carbons (Fsp3) is 0.364. The zero-order valence-electron chi connectivity index (χ0n) is 8.60. The van der Waals surface area contributed by atoms with Crippen LogP contribution in [0.4, 0.5) is 5.69 Å². The van der Waals surface area contributed by atoms with E-state index in [0.29, 0.717) is 0 Å². The number of nitrogen functional groups attached to an aromatic ring is 1. The molecule has 0 radical (unpaired) electrons. The SMILES string of the molecule is COC1Cc2nc3cc(N)ccc3n2C1. The van der Waals surface area contributed by atoms with Gasteiger partial charge < -0.3 is 15.0 Å². The molecule has 1 unspecified atom stereocenters. The smallest absolute Gasteiger partial charge is 0.112 e. The van der Waals surface area contributed by atoms with Crippen molar-refractivity contribution in [1.82, 2.24) is 9.55 Å². The fourth-order valence-corrected chi connectivity index (χ4v) is 2.19. The summed E-state index contributed by atoms with van der Waals surface area (Å²) in [5, 5.41) is 0. The third-order valence-electron chi connectivity index (χ3n) is 2.98. The molecule has 1 aromatic carbocycles. The quantitative estimate of drug-likeness (QED) is 0.708. The minimum atomic E-state index is 0.273. The van der Waals surface area contributed by atoms with Crippen molar-refractivity contribution in [1.29, 1.82) is 0 Å². The van der Waals surface area contributed by atoms with Gasteiger partial charge in [0.05, 0.1) is 23.7 Å². The summed E-state index contributed by atoms with van der Waals surface area (Å²) in [6, 6.07) is 5.86. The molecule has 1 aromatic heterocycles. The lowest BCUT2D eigenvalue weighted by Gasteiger charge is -2.05. The van der Waals surface area contributed by atoms with E-state index in [1.807, 2.05) is 18.2 Å². The van der Waals surface area contributed by atoms with Gasteiger partial charge in [-0.3, -0.25) is 0 Å². The Morgan fingerprint density at radius 2 is 2.40 bits per heavy atom. The molecule has 0 saturated carbocycles. The van der Waals surface area contributed by atoms with Gasteiger partial charge in [0.25, 0.3) is 0 Å². The Labute approximate surface area is 87.7 Å². The number of nitrogens with two attached hydrogens (primary N) is 1. The molecule has 1 aliphatic rings. The average Bonchev–Trinajstić information content (AvgIpc) is 2.73. The highest BCUT2D eigenvalue weighted by atomic mass is 16.5. The van der Waals surface area contributed by atoms with Gasteiger partial charge in [-0.1, -0.05) is 0 Å². The Morgan fingerprint density at radius 1 is 1.53 bits per heavy atom. The molecule has 1 aliphatic heterocycles. The summed E-state index contributed by atoms with van der Waals surface area (Å²) in [4.78, 5) is 4.56. The summed E-state index contributed by atoms with van der Waals surface area (Å²) in [5.41, 5.74) is 8.63. The molecule has 78 valence electrons. The van der Waals surface area contributed by atoms with E-state index in [1.165, 1.54) is 0 Å². The zero-order valence-corrected chi connectivity index (χ0v) is 8.60. The predicted molar refractivity (Wildman–Crippen MR) is 58.6 cm³/mol. The van der Waals surface area contributed by atoms with Gasteiger partial charge in [-0.15, -0.1) is 0 Å². The molecule has 0 bridgehead atoms. The van der Waals surface area contributed by atoms with Crippen molar-refractivity contribution in [2.24, 2.45) is 0 Å². The Kier molecular flexibility index (Phi) is 1.73. The summed E-state index contributed by atoms with van der Waals surface area (Å²) in [7, 11) is 1.75. The van der Waals surface area contributed by atoms with Gasteiger partial charge in [0.15, 0.2) is 0 Å². The molecule has 2 N–H and O–H groups in total. The molecule has 2 heterocycles. The number of hydrogen-bond acceptors (Lipinski definition) is 3. The fourth-order valence-electron chi connectivity index (χ4n) is 2.19. The number of hydrogen-bond donors (Lipinski definition) is 1. The van der Waals surface area contributed by atoms with Gasteiger partial charge >= 0.3 is 0 Å². The molecule has 2 aromatic rings. The number of methoxy groups -OCH3 is 1. The number of fused-ring (bicyclic) bond motifs is 3. The first-order valence-electron chi connectivity index (χ1n) is 5.05. The van der Waals surface area contributed by atoms with Gasteiger partial charge in [-0.25, -0.2) is 4.98 Å². The Hall–Kier alpha value is -1.55. The number of anilines is 1. The monoisotopic (exact) mass is 203 g/mol. The lowest BCUT2D eigenvalue weighted by Crippen LogP contribution is -2.11. The summed E-state index contributed by atoms with van der Waals surface area (Å²) < 4.78 is 7.55. The number of aromatic nitrogens is 2. The highest BCUT2D eigenvalue weighted by Crippen LogP contribution is 2.25. The molecule has 0 aliphatic carbocycles. The van der Waals surface area contributed by atoms with Crippen molar-refractivity contribution in [3.05, 3.63) is 24.0 Å². The molecule has 15 heavy (non-hydrogen) atoms. The van der Waals surface area contributed by atoms with Crippen molar-refractivity contribution in [2.45, 2.75) is 19.1 Å². The third kappa shape index (κ3) is 1.22. The van der Waals surface area contributed by atoms with Crippen LogP contribution in [0.2, 0.25) is 0 Å². The topological polar surface area (TPSA) is 53.1 Å². The first-order chi connectivity index (χ1) is 7.28. The van der Waals surface area contributed by atoms with Crippen molar-refractivity contribution >= 4 is 16.7 Å². The molecular formula is C11H13N3O. The molecule has 1 atom stereocenters. The summed E-state index contributed by atoms with van der Waals surface area (Å²) >= 11 is 0. The lowest BCUT2D eigenvalue weighted by atomic mass is 10.2. The van der Waals surface area contributed by atoms with Crippen LogP contribution in [0, 0.1) is 0 Å². The summed E-state index contributed by atoms with van der Waals surface area (Å²) in [6.45, 7) is 0.895. The molecule has 3 rings (SSSR count). The van der Waals surface area contributed by atoms with E-state index in [2.05, 4.69) is 9.55 Å². The van der Waals surface area contributed by atoms with Gasteiger partial charge in [0, 0.05) is 19.2 Å². The van der Waals surface area contributed by atoms with Crippen LogP contribution in [0.1, 0.15) is 5.82 Å². The number of imidazole rings is 1. The van der Waals surface area contributed by atoms with Crippen LogP contribution < -0.4 is 5.73 Å². The number of benzene rings is 1. The van der Waals surface area contributed by atoms with Crippen molar-refractivity contribution in [3.8, 4) is 0 Å². The van der Waals surface area contributed by atoms with E-state index in [-0.39, 0.29) is 6.10 Å². The zero-order chi connectivity index (χ0) is 10.4. The lowest BCUT2D eigenvalue weighted by molar-refractivity contribution is 0.104. The highest BCUT2D eigenvalue weighted by molar-refractivity contribution is 5.79. The van der Waals surface area contributed by atoms with Gasteiger partial charge in [-0.2, -0.15) is 0 Å². The molecule has 0 fully saturated rings. The van der Waals surface area contributed by atoms with Crippen LogP contribution in [0.15, 0.2) is 18.2 Å². The average molecular weight is 203 g/mol. The van der Waals surface area contributed by atoms with E-state index in [0.717, 1.165) is 35.5 Å². The number of rotatable bonds is 1. The van der Waals surface area contributed by atoms with Crippen molar-refractivity contribution in [3.63, 3.8) is 0 Å². The number of nitrogens with zero attached hydrogens (tertiary/aromatic N) is 2. The highest BCUT2D eigenvalue weighted by Gasteiger charge is 2.24. The predicted octanol–water partition coefficient (Wildman–Crippen LogP) is 1.19. The molecular weight excluding hydrogens is 190 g/mol. The van der Waals surface area contributed by atoms with Crippen molar-refractivity contribution in [2.75, 3.05) is 12.8 Å². The maximum atomic E-state index is 5.72.